The first kappa shape index (κ1) is 12.5. The second-order valence-electron chi connectivity index (χ2n) is 4.06. The van der Waals surface area contributed by atoms with Crippen molar-refractivity contribution in [3.05, 3.63) is 41.6 Å². The van der Waals surface area contributed by atoms with Gasteiger partial charge in [-0.1, -0.05) is 6.07 Å². The monoisotopic (exact) mass is 246 g/mol. The molecule has 2 rings (SSSR count). The number of nitrogens with one attached hydrogen (secondary N) is 1. The summed E-state index contributed by atoms with van der Waals surface area (Å²) >= 11 is 0. The molecule has 0 aliphatic heterocycles. The lowest BCUT2D eigenvalue weighted by atomic mass is 10.3. The van der Waals surface area contributed by atoms with Gasteiger partial charge in [0.15, 0.2) is 0 Å². The van der Waals surface area contributed by atoms with E-state index in [1.54, 1.807) is 0 Å². The van der Waals surface area contributed by atoms with Crippen LogP contribution in [0.15, 0.2) is 28.7 Å². The molecule has 1 aromatic heterocycles. The molecule has 96 valence electrons. The number of anilines is 1. The van der Waals surface area contributed by atoms with Crippen LogP contribution >= 0.6 is 0 Å². The summed E-state index contributed by atoms with van der Waals surface area (Å²) in [7, 11) is 0. The van der Waals surface area contributed by atoms with Crippen molar-refractivity contribution >= 4 is 5.69 Å². The molecule has 1 aromatic carbocycles. The van der Waals surface area contributed by atoms with Gasteiger partial charge in [0.25, 0.3) is 0 Å². The molecule has 4 heteroatoms. The van der Waals surface area contributed by atoms with Gasteiger partial charge in [-0.2, -0.15) is 0 Å². The number of ether oxygens (including phenoxy) is 1. The highest BCUT2D eigenvalue weighted by molar-refractivity contribution is 5.48. The molecule has 0 amide bonds. The van der Waals surface area contributed by atoms with Crippen molar-refractivity contribution in [2.75, 3.05) is 11.9 Å². The molecule has 0 aliphatic rings. The van der Waals surface area contributed by atoms with E-state index in [0.717, 1.165) is 22.9 Å². The van der Waals surface area contributed by atoms with Gasteiger partial charge in [-0.25, -0.2) is 4.98 Å². The SMILES string of the molecule is CCOc1cccc(NCc2nc(C)c(C)o2)c1. The third-order valence-electron chi connectivity index (χ3n) is 2.66. The van der Waals surface area contributed by atoms with Crippen molar-refractivity contribution in [2.45, 2.75) is 27.3 Å². The lowest BCUT2D eigenvalue weighted by Crippen LogP contribution is -2.00. The summed E-state index contributed by atoms with van der Waals surface area (Å²) in [5, 5.41) is 3.26. The Bertz CT molecular complexity index is 501. The molecule has 0 saturated carbocycles. The van der Waals surface area contributed by atoms with E-state index in [2.05, 4.69) is 10.3 Å². The lowest BCUT2D eigenvalue weighted by molar-refractivity contribution is 0.340. The number of rotatable bonds is 5. The van der Waals surface area contributed by atoms with Gasteiger partial charge >= 0.3 is 0 Å². The molecular weight excluding hydrogens is 228 g/mol. The Balaban J connectivity index is 1.99. The minimum Gasteiger partial charge on any atom is -0.494 e. The molecule has 0 fully saturated rings. The van der Waals surface area contributed by atoms with Crippen LogP contribution < -0.4 is 10.1 Å². The van der Waals surface area contributed by atoms with Crippen molar-refractivity contribution < 1.29 is 9.15 Å². The average molecular weight is 246 g/mol. The van der Waals surface area contributed by atoms with Crippen LogP contribution in [0.3, 0.4) is 0 Å². The predicted molar refractivity (Wildman–Crippen MR) is 70.9 cm³/mol. The molecule has 0 spiro atoms. The van der Waals surface area contributed by atoms with E-state index >= 15 is 0 Å². The van der Waals surface area contributed by atoms with E-state index in [9.17, 15) is 0 Å². The molecule has 2 aromatic rings. The van der Waals surface area contributed by atoms with Crippen LogP contribution in [0.5, 0.6) is 5.75 Å². The van der Waals surface area contributed by atoms with Gasteiger partial charge in [0.1, 0.15) is 11.5 Å². The van der Waals surface area contributed by atoms with Crippen molar-refractivity contribution in [3.8, 4) is 5.75 Å². The summed E-state index contributed by atoms with van der Waals surface area (Å²) in [5.41, 5.74) is 1.93. The molecule has 1 N–H and O–H groups in total. The number of benzene rings is 1. The molecular formula is C14H18N2O2. The third kappa shape index (κ3) is 3.03. The summed E-state index contributed by atoms with van der Waals surface area (Å²) in [6.45, 7) is 7.07. The minimum atomic E-state index is 0.574. The van der Waals surface area contributed by atoms with Gasteiger partial charge in [-0.3, -0.25) is 0 Å². The standard InChI is InChI=1S/C14H18N2O2/c1-4-17-13-7-5-6-12(8-13)15-9-14-16-10(2)11(3)18-14/h5-8,15H,4,9H2,1-3H3. The highest BCUT2D eigenvalue weighted by Crippen LogP contribution is 2.18. The van der Waals surface area contributed by atoms with Crippen molar-refractivity contribution in [1.29, 1.82) is 0 Å². The topological polar surface area (TPSA) is 47.3 Å². The van der Waals surface area contributed by atoms with E-state index in [4.69, 9.17) is 9.15 Å². The Kier molecular flexibility index (Phi) is 3.87. The first-order valence-electron chi connectivity index (χ1n) is 6.08. The third-order valence-corrected chi connectivity index (χ3v) is 2.66. The minimum absolute atomic E-state index is 0.574. The maximum atomic E-state index is 5.51. The number of oxazole rings is 1. The van der Waals surface area contributed by atoms with Crippen LogP contribution in [0.1, 0.15) is 24.3 Å². The Morgan fingerprint density at radius 2 is 2.17 bits per heavy atom. The van der Waals surface area contributed by atoms with Gasteiger partial charge in [-0.05, 0) is 32.9 Å². The van der Waals surface area contributed by atoms with E-state index in [-0.39, 0.29) is 0 Å². The summed E-state index contributed by atoms with van der Waals surface area (Å²) in [4.78, 5) is 4.32. The number of nitrogens with zero attached hydrogens (tertiary/aromatic N) is 1. The maximum Gasteiger partial charge on any atom is 0.213 e. The van der Waals surface area contributed by atoms with Crippen LogP contribution in [0.4, 0.5) is 5.69 Å². The normalized spacial score (nSPS) is 10.4. The van der Waals surface area contributed by atoms with Gasteiger partial charge in [0, 0.05) is 11.8 Å². The molecule has 0 bridgehead atoms. The molecule has 0 aliphatic carbocycles. The quantitative estimate of drug-likeness (QED) is 0.879. The Labute approximate surface area is 107 Å². The summed E-state index contributed by atoms with van der Waals surface area (Å²) < 4.78 is 11.0. The smallest absolute Gasteiger partial charge is 0.213 e. The zero-order valence-corrected chi connectivity index (χ0v) is 11.0. The Morgan fingerprint density at radius 1 is 1.33 bits per heavy atom. The number of aromatic nitrogens is 1. The van der Waals surface area contributed by atoms with Crippen LogP contribution in [0.2, 0.25) is 0 Å². The van der Waals surface area contributed by atoms with E-state index in [1.165, 1.54) is 0 Å². The molecule has 18 heavy (non-hydrogen) atoms. The molecule has 0 atom stereocenters. The zero-order chi connectivity index (χ0) is 13.0. The van der Waals surface area contributed by atoms with Gasteiger partial charge in [-0.15, -0.1) is 0 Å². The van der Waals surface area contributed by atoms with E-state index in [1.807, 2.05) is 45.0 Å². The van der Waals surface area contributed by atoms with Gasteiger partial charge in [0.05, 0.1) is 18.8 Å². The highest BCUT2D eigenvalue weighted by atomic mass is 16.5. The maximum absolute atomic E-state index is 5.51. The fourth-order valence-electron chi connectivity index (χ4n) is 1.65. The fourth-order valence-corrected chi connectivity index (χ4v) is 1.65. The molecule has 0 saturated heterocycles. The Morgan fingerprint density at radius 3 is 2.83 bits per heavy atom. The first-order valence-corrected chi connectivity index (χ1v) is 6.08. The largest absolute Gasteiger partial charge is 0.494 e. The van der Waals surface area contributed by atoms with Crippen LogP contribution in [-0.4, -0.2) is 11.6 Å². The van der Waals surface area contributed by atoms with Gasteiger partial charge in [0.2, 0.25) is 5.89 Å². The molecule has 0 radical (unpaired) electrons. The second kappa shape index (κ2) is 5.58. The number of aryl methyl sites for hydroxylation is 2. The Hall–Kier alpha value is -1.97. The van der Waals surface area contributed by atoms with Gasteiger partial charge < -0.3 is 14.5 Å². The zero-order valence-electron chi connectivity index (χ0n) is 11.0. The van der Waals surface area contributed by atoms with Crippen LogP contribution in [-0.2, 0) is 6.54 Å². The van der Waals surface area contributed by atoms with Crippen LogP contribution in [0.25, 0.3) is 0 Å². The van der Waals surface area contributed by atoms with E-state index in [0.29, 0.717) is 19.0 Å². The molecule has 4 nitrogen and oxygen atoms in total. The predicted octanol–water partition coefficient (Wildman–Crippen LogP) is 3.30. The summed E-state index contributed by atoms with van der Waals surface area (Å²) in [6, 6.07) is 7.85. The van der Waals surface area contributed by atoms with Crippen LogP contribution in [0, 0.1) is 13.8 Å². The fraction of sp³-hybridized carbons (Fsp3) is 0.357. The number of hydrogen-bond acceptors (Lipinski definition) is 4. The lowest BCUT2D eigenvalue weighted by Gasteiger charge is -2.07. The second-order valence-corrected chi connectivity index (χ2v) is 4.06. The summed E-state index contributed by atoms with van der Waals surface area (Å²) in [5.74, 6) is 2.43. The van der Waals surface area contributed by atoms with Crippen molar-refractivity contribution in [2.24, 2.45) is 0 Å². The first-order chi connectivity index (χ1) is 8.69. The molecule has 0 unspecified atom stereocenters. The number of hydrogen-bond donors (Lipinski definition) is 1. The summed E-state index contributed by atoms with van der Waals surface area (Å²) in [6.07, 6.45) is 0. The van der Waals surface area contributed by atoms with E-state index < -0.39 is 0 Å². The molecule has 1 heterocycles. The van der Waals surface area contributed by atoms with Crippen molar-refractivity contribution in [1.82, 2.24) is 4.98 Å². The van der Waals surface area contributed by atoms with Crippen molar-refractivity contribution in [3.63, 3.8) is 0 Å². The highest BCUT2D eigenvalue weighted by Gasteiger charge is 2.05. The average Bonchev–Trinajstić information content (AvgIpc) is 2.67.